The number of carbonyl (C=O) groups is 2. The quantitative estimate of drug-likeness (QED) is 0.0572. The van der Waals surface area contributed by atoms with Crippen molar-refractivity contribution >= 4 is 29.1 Å². The van der Waals surface area contributed by atoms with Gasteiger partial charge in [0, 0.05) is 28.9 Å². The molecule has 18 heteroatoms. The molecule has 0 fully saturated rings. The van der Waals surface area contributed by atoms with E-state index in [2.05, 4.69) is 35.9 Å². The lowest BCUT2D eigenvalue weighted by Crippen LogP contribution is -2.21. The highest BCUT2D eigenvalue weighted by atomic mass is 19.4. The number of nitrogen functional groups attached to an aromatic ring is 1. The summed E-state index contributed by atoms with van der Waals surface area (Å²) in [6.45, 7) is 10.6. The van der Waals surface area contributed by atoms with Crippen LogP contribution in [0.3, 0.4) is 0 Å². The predicted molar refractivity (Wildman–Crippen MR) is 182 cm³/mol. The normalized spacial score (nSPS) is 11.2. The summed E-state index contributed by atoms with van der Waals surface area (Å²) in [6, 6.07) is 18.6. The van der Waals surface area contributed by atoms with Gasteiger partial charge in [-0.05, 0) is 56.5 Å². The Kier molecular flexibility index (Phi) is 15.2. The third kappa shape index (κ3) is 13.0. The molecule has 0 radical (unpaired) electrons. The molecule has 0 spiro atoms. The molecule has 0 aliphatic rings. The lowest BCUT2D eigenvalue weighted by atomic mass is 9.96. The number of amidine groups is 1. The van der Waals surface area contributed by atoms with Crippen molar-refractivity contribution < 1.29 is 60.0 Å². The van der Waals surface area contributed by atoms with Gasteiger partial charge in [-0.2, -0.15) is 26.3 Å². The molecule has 0 aliphatic carbocycles. The number of imidazole rings is 1. The third-order valence-electron chi connectivity index (χ3n) is 6.74. The van der Waals surface area contributed by atoms with Crippen LogP contribution in [0.1, 0.15) is 57.5 Å². The largest absolute Gasteiger partial charge is 0.494 e. The highest BCUT2D eigenvalue weighted by molar-refractivity contribution is 5.95. The number of hydrogen-bond acceptors (Lipinski definition) is 7. The van der Waals surface area contributed by atoms with Crippen molar-refractivity contribution in [2.45, 2.75) is 65.5 Å². The Bertz CT molecular complexity index is 1820. The fourth-order valence-electron chi connectivity index (χ4n) is 4.46. The van der Waals surface area contributed by atoms with Crippen LogP contribution in [0, 0.1) is 11.2 Å². The third-order valence-corrected chi connectivity index (χ3v) is 6.74. The zero-order chi connectivity index (χ0) is 40.3. The van der Waals surface area contributed by atoms with Gasteiger partial charge >= 0.3 is 24.3 Å². The molecule has 4 aromatic rings. The number of aliphatic carboxylic acids is 2. The van der Waals surface area contributed by atoms with E-state index in [1.54, 1.807) is 24.3 Å². The lowest BCUT2D eigenvalue weighted by Gasteiger charge is -2.26. The minimum Gasteiger partial charge on any atom is -0.494 e. The molecule has 1 aromatic heterocycles. The van der Waals surface area contributed by atoms with E-state index >= 15 is 4.39 Å². The van der Waals surface area contributed by atoms with Crippen LogP contribution >= 0.6 is 0 Å². The maximum Gasteiger partial charge on any atom is 0.490 e. The second-order valence-electron chi connectivity index (χ2n) is 11.5. The molecule has 0 aliphatic heterocycles. The van der Waals surface area contributed by atoms with Crippen LogP contribution in [0.4, 0.5) is 42.1 Å². The Hall–Kier alpha value is -5.81. The van der Waals surface area contributed by atoms with Gasteiger partial charge in [-0.15, -0.1) is 0 Å². The molecule has 3 aromatic carbocycles. The number of aromatic nitrogens is 2. The van der Waals surface area contributed by atoms with Crippen LogP contribution in [0.15, 0.2) is 66.9 Å². The summed E-state index contributed by atoms with van der Waals surface area (Å²) in [5, 5.41) is 22.0. The minimum atomic E-state index is -5.08. The minimum absolute atomic E-state index is 0.0373. The van der Waals surface area contributed by atoms with Gasteiger partial charge in [-0.25, -0.2) is 19.0 Å². The number of anilines is 2. The van der Waals surface area contributed by atoms with Gasteiger partial charge in [0.1, 0.15) is 17.4 Å². The van der Waals surface area contributed by atoms with Crippen LogP contribution in [0.2, 0.25) is 0 Å². The monoisotopic (exact) mass is 757 g/mol. The molecule has 0 amide bonds. The molecule has 53 heavy (non-hydrogen) atoms. The van der Waals surface area contributed by atoms with Crippen molar-refractivity contribution in [1.82, 2.24) is 9.97 Å². The second kappa shape index (κ2) is 18.6. The molecule has 1 heterocycles. The number of nitrogens with two attached hydrogens (primary N) is 1. The summed E-state index contributed by atoms with van der Waals surface area (Å²) >= 11 is 0. The summed E-state index contributed by atoms with van der Waals surface area (Å²) in [6.07, 6.45) is -8.57. The smallest absolute Gasteiger partial charge is 0.490 e. The highest BCUT2D eigenvalue weighted by Gasteiger charge is 2.39. The van der Waals surface area contributed by atoms with Gasteiger partial charge < -0.3 is 35.3 Å². The Morgan fingerprint density at radius 3 is 1.96 bits per heavy atom. The summed E-state index contributed by atoms with van der Waals surface area (Å²) in [5.74, 6) is -4.43. The summed E-state index contributed by atoms with van der Waals surface area (Å²) in [5.41, 5.74) is 10.4. The van der Waals surface area contributed by atoms with Crippen LogP contribution < -0.4 is 20.1 Å². The van der Waals surface area contributed by atoms with Crippen LogP contribution in [0.5, 0.6) is 11.5 Å². The number of ether oxygens (including phenoxy) is 2. The Morgan fingerprint density at radius 1 is 0.943 bits per heavy atom. The van der Waals surface area contributed by atoms with Crippen molar-refractivity contribution in [3.8, 4) is 22.8 Å². The maximum absolute atomic E-state index is 16.0. The van der Waals surface area contributed by atoms with Gasteiger partial charge in [-0.1, -0.05) is 38.1 Å². The van der Waals surface area contributed by atoms with E-state index in [1.807, 2.05) is 56.1 Å². The summed E-state index contributed by atoms with van der Waals surface area (Å²) < 4.78 is 91.1. The number of nitrogens with zero attached hydrogens (tertiary/aromatic N) is 2. The van der Waals surface area contributed by atoms with Gasteiger partial charge in [-0.3, -0.25) is 5.41 Å². The van der Waals surface area contributed by atoms with E-state index in [4.69, 9.17) is 40.4 Å². The Balaban J connectivity index is 0.000000587. The van der Waals surface area contributed by atoms with Gasteiger partial charge in [0.2, 0.25) is 0 Å². The molecule has 0 saturated carbocycles. The molecular formula is C35H38F7N5O6. The zero-order valence-corrected chi connectivity index (χ0v) is 29.1. The number of benzene rings is 3. The van der Waals surface area contributed by atoms with Gasteiger partial charge in [0.15, 0.2) is 11.6 Å². The fourth-order valence-corrected chi connectivity index (χ4v) is 4.46. The standard InChI is InChI=1S/C31H36FN5O2.2C2HF3O2/c1-6-38-23-15-27(30(32)28(16-23)39-20(4)5)37(22-13-11-21(12-14-22)31(33)34)18-29-35-17-26(36-29)25-10-8-7-9-24(25)19(2)3;2*3-2(4,5)1(6)7/h7-17,19-20H,6,18H2,1-5H3,(H3,33,34)(H,35,36);2*(H,6,7). The number of halogens is 7. The van der Waals surface area contributed by atoms with E-state index in [0.717, 1.165) is 11.3 Å². The number of carboxylic acids is 2. The zero-order valence-electron chi connectivity index (χ0n) is 29.1. The molecule has 6 N–H and O–H groups in total. The predicted octanol–water partition coefficient (Wildman–Crippen LogP) is 8.41. The van der Waals surface area contributed by atoms with E-state index in [1.165, 1.54) is 5.56 Å². The molecule has 4 rings (SSSR count). The van der Waals surface area contributed by atoms with Crippen LogP contribution in [-0.4, -0.2) is 63.0 Å². The Morgan fingerprint density at radius 2 is 1.49 bits per heavy atom. The fraction of sp³-hybridized carbons (Fsp3) is 0.314. The van der Waals surface area contributed by atoms with Crippen molar-refractivity contribution in [2.24, 2.45) is 5.73 Å². The number of rotatable bonds is 11. The van der Waals surface area contributed by atoms with Gasteiger partial charge in [0.05, 0.1) is 36.8 Å². The van der Waals surface area contributed by atoms with Gasteiger partial charge in [0.25, 0.3) is 0 Å². The molecule has 11 nitrogen and oxygen atoms in total. The lowest BCUT2D eigenvalue weighted by molar-refractivity contribution is -0.193. The van der Waals surface area contributed by atoms with Crippen molar-refractivity contribution in [1.29, 1.82) is 5.41 Å². The number of alkyl halides is 6. The number of nitrogens with one attached hydrogen (secondary N) is 2. The van der Waals surface area contributed by atoms with Crippen LogP contribution in [-0.2, 0) is 16.1 Å². The Labute approximate surface area is 299 Å². The molecule has 0 unspecified atom stereocenters. The first-order chi connectivity index (χ1) is 24.6. The van der Waals surface area contributed by atoms with Crippen LogP contribution in [0.25, 0.3) is 11.3 Å². The highest BCUT2D eigenvalue weighted by Crippen LogP contribution is 2.38. The van der Waals surface area contributed by atoms with E-state index in [0.29, 0.717) is 35.3 Å². The van der Waals surface area contributed by atoms with Crippen molar-refractivity contribution in [3.05, 3.63) is 89.6 Å². The summed E-state index contributed by atoms with van der Waals surface area (Å²) in [4.78, 5) is 27.7. The number of hydrogen-bond donors (Lipinski definition) is 5. The molecule has 288 valence electrons. The average Bonchev–Trinajstić information content (AvgIpc) is 3.53. The first kappa shape index (κ1) is 43.4. The topological polar surface area (TPSA) is 175 Å². The molecular weight excluding hydrogens is 719 g/mol. The number of aromatic amines is 1. The van der Waals surface area contributed by atoms with Crippen molar-refractivity contribution in [2.75, 3.05) is 11.5 Å². The second-order valence-corrected chi connectivity index (χ2v) is 11.5. The van der Waals surface area contributed by atoms with E-state index in [-0.39, 0.29) is 29.9 Å². The summed E-state index contributed by atoms with van der Waals surface area (Å²) in [7, 11) is 0. The van der Waals surface area contributed by atoms with E-state index < -0.39 is 30.1 Å². The molecule has 0 saturated heterocycles. The molecule has 0 bridgehead atoms. The first-order valence-electron chi connectivity index (χ1n) is 15.6. The maximum atomic E-state index is 16.0. The SMILES string of the molecule is CCOc1cc(OC(C)C)c(F)c(N(Cc2ncc(-c3ccccc3C(C)C)[nH]2)c2ccc(C(=N)N)cc2)c1.O=C(O)C(F)(F)F.O=C(O)C(F)(F)F. The van der Waals surface area contributed by atoms with Crippen molar-refractivity contribution in [3.63, 3.8) is 0 Å². The number of carboxylic acid groups (broad SMARTS) is 2. The first-order valence-corrected chi connectivity index (χ1v) is 15.6. The number of H-pyrrole nitrogens is 1. The molecule has 0 atom stereocenters. The average molecular weight is 758 g/mol. The van der Waals surface area contributed by atoms with E-state index in [9.17, 15) is 26.3 Å².